The second-order valence-electron chi connectivity index (χ2n) is 9.54. The molecule has 1 atom stereocenters. The molecule has 1 aliphatic carbocycles. The van der Waals surface area contributed by atoms with Crippen LogP contribution in [0.3, 0.4) is 0 Å². The Morgan fingerprint density at radius 2 is 2.03 bits per heavy atom. The van der Waals surface area contributed by atoms with Crippen molar-refractivity contribution in [2.45, 2.75) is 43.9 Å². The Labute approximate surface area is 201 Å². The maximum absolute atomic E-state index is 11.7. The molecule has 4 heterocycles. The standard InChI is InChI=1S/C25H31N5O3S/c26-24-23-22(17-3-1-4-20(11-17)33-15-21-5-2-8-32-21)14-30(25(23)28-16-27-24)19-12-18(13-19)29-6-9-34(31)10-7-29/h1,3-4,11,14,16,18-19,21H,2,5-10,12-13,15H2,(H2,26,27,28). The van der Waals surface area contributed by atoms with Gasteiger partial charge in [-0.15, -0.1) is 0 Å². The molecule has 3 aliphatic rings. The molecule has 3 aromatic rings. The van der Waals surface area contributed by atoms with Gasteiger partial charge in [-0.3, -0.25) is 9.11 Å². The van der Waals surface area contributed by atoms with Crippen LogP contribution in [0.5, 0.6) is 5.75 Å². The first-order valence-corrected chi connectivity index (χ1v) is 13.7. The molecule has 34 heavy (non-hydrogen) atoms. The van der Waals surface area contributed by atoms with E-state index in [-0.39, 0.29) is 6.10 Å². The number of ether oxygens (including phenoxy) is 2. The Bertz CT molecular complexity index is 1190. The third kappa shape index (κ3) is 4.21. The van der Waals surface area contributed by atoms with Crippen LogP contribution in [-0.4, -0.2) is 73.6 Å². The lowest BCUT2D eigenvalue weighted by Gasteiger charge is -2.44. The second-order valence-corrected chi connectivity index (χ2v) is 11.2. The van der Waals surface area contributed by atoms with Gasteiger partial charge in [-0.2, -0.15) is 0 Å². The van der Waals surface area contributed by atoms with Crippen LogP contribution in [0.25, 0.3) is 22.2 Å². The maximum atomic E-state index is 11.7. The van der Waals surface area contributed by atoms with Crippen LogP contribution in [0, 0.1) is 0 Å². The quantitative estimate of drug-likeness (QED) is 0.578. The lowest BCUT2D eigenvalue weighted by molar-refractivity contribution is 0.0680. The number of fused-ring (bicyclic) bond motifs is 1. The van der Waals surface area contributed by atoms with Gasteiger partial charge in [0.2, 0.25) is 0 Å². The van der Waals surface area contributed by atoms with Gasteiger partial charge in [-0.05, 0) is 43.4 Å². The van der Waals surface area contributed by atoms with Crippen LogP contribution >= 0.6 is 0 Å². The highest BCUT2D eigenvalue weighted by Crippen LogP contribution is 2.42. The highest BCUT2D eigenvalue weighted by Gasteiger charge is 2.37. The molecule has 0 bridgehead atoms. The summed E-state index contributed by atoms with van der Waals surface area (Å²) in [5.41, 5.74) is 9.32. The van der Waals surface area contributed by atoms with E-state index in [0.717, 1.165) is 84.8 Å². The van der Waals surface area contributed by atoms with Crippen LogP contribution in [0.2, 0.25) is 0 Å². The molecule has 2 saturated heterocycles. The van der Waals surface area contributed by atoms with E-state index in [2.05, 4.69) is 37.8 Å². The molecule has 0 amide bonds. The monoisotopic (exact) mass is 481 g/mol. The Kier molecular flexibility index (Phi) is 6.01. The average molecular weight is 482 g/mol. The predicted octanol–water partition coefficient (Wildman–Crippen LogP) is 3.01. The van der Waals surface area contributed by atoms with E-state index >= 15 is 0 Å². The molecule has 0 radical (unpaired) electrons. The summed E-state index contributed by atoms with van der Waals surface area (Å²) in [5, 5.41) is 0.899. The first kappa shape index (κ1) is 22.0. The van der Waals surface area contributed by atoms with Gasteiger partial charge >= 0.3 is 0 Å². The van der Waals surface area contributed by atoms with Gasteiger partial charge in [0, 0.05) is 65.8 Å². The van der Waals surface area contributed by atoms with Gasteiger partial charge < -0.3 is 19.8 Å². The van der Waals surface area contributed by atoms with E-state index in [9.17, 15) is 4.21 Å². The minimum Gasteiger partial charge on any atom is -0.491 e. The topological polar surface area (TPSA) is 95.5 Å². The molecule has 3 fully saturated rings. The molecule has 2 N–H and O–H groups in total. The van der Waals surface area contributed by atoms with E-state index < -0.39 is 10.8 Å². The Morgan fingerprint density at radius 1 is 1.18 bits per heavy atom. The van der Waals surface area contributed by atoms with Crippen molar-refractivity contribution in [1.82, 2.24) is 19.4 Å². The number of hydrogen-bond acceptors (Lipinski definition) is 7. The first-order chi connectivity index (χ1) is 16.7. The molecule has 1 aromatic carbocycles. The fraction of sp³-hybridized carbons (Fsp3) is 0.520. The SMILES string of the molecule is Nc1ncnc2c1c(-c1cccc(OCC3CCCO3)c1)cn2C1CC(N2CCS(=O)CC2)C1. The number of nitrogens with zero attached hydrogens (tertiary/aromatic N) is 4. The highest BCUT2D eigenvalue weighted by molar-refractivity contribution is 7.85. The normalized spacial score (nSPS) is 26.1. The van der Waals surface area contributed by atoms with Crippen molar-refractivity contribution in [2.24, 2.45) is 0 Å². The lowest BCUT2D eigenvalue weighted by atomic mass is 9.85. The molecule has 1 saturated carbocycles. The fourth-order valence-corrected chi connectivity index (χ4v) is 6.51. The summed E-state index contributed by atoms with van der Waals surface area (Å²) in [6, 6.07) is 9.08. The van der Waals surface area contributed by atoms with Crippen molar-refractivity contribution in [3.8, 4) is 16.9 Å². The summed E-state index contributed by atoms with van der Waals surface area (Å²) < 4.78 is 25.7. The number of nitrogens with two attached hydrogens (primary N) is 1. The first-order valence-electron chi connectivity index (χ1n) is 12.2. The summed E-state index contributed by atoms with van der Waals surface area (Å²) in [5.74, 6) is 2.92. The van der Waals surface area contributed by atoms with Crippen molar-refractivity contribution in [2.75, 3.05) is 43.5 Å². The smallest absolute Gasteiger partial charge is 0.146 e. The summed E-state index contributed by atoms with van der Waals surface area (Å²) in [7, 11) is -0.639. The zero-order chi connectivity index (χ0) is 23.1. The Morgan fingerprint density at radius 3 is 2.82 bits per heavy atom. The Hall–Kier alpha value is -2.49. The van der Waals surface area contributed by atoms with Gasteiger partial charge in [0.1, 0.15) is 30.1 Å². The number of nitrogen functional groups attached to an aromatic ring is 1. The molecule has 2 aliphatic heterocycles. The molecule has 6 rings (SSSR count). The average Bonchev–Trinajstić information content (AvgIpc) is 3.47. The summed E-state index contributed by atoms with van der Waals surface area (Å²) in [4.78, 5) is 11.4. The van der Waals surface area contributed by atoms with Gasteiger partial charge in [0.05, 0.1) is 11.5 Å². The van der Waals surface area contributed by atoms with Gasteiger partial charge in [0.15, 0.2) is 0 Å². The number of hydrogen-bond donors (Lipinski definition) is 1. The van der Waals surface area contributed by atoms with E-state index in [1.165, 1.54) is 0 Å². The third-order valence-electron chi connectivity index (χ3n) is 7.45. The van der Waals surface area contributed by atoms with Gasteiger partial charge in [-0.25, -0.2) is 9.97 Å². The number of anilines is 1. The summed E-state index contributed by atoms with van der Waals surface area (Å²) in [6.07, 6.45) is 8.22. The van der Waals surface area contributed by atoms with Crippen molar-refractivity contribution < 1.29 is 13.7 Å². The van der Waals surface area contributed by atoms with Crippen LogP contribution in [0.15, 0.2) is 36.8 Å². The molecule has 180 valence electrons. The fourth-order valence-electron chi connectivity index (χ4n) is 5.43. The predicted molar refractivity (Wildman–Crippen MR) is 133 cm³/mol. The minimum atomic E-state index is -0.639. The largest absolute Gasteiger partial charge is 0.491 e. The molecular weight excluding hydrogens is 450 g/mol. The van der Waals surface area contributed by atoms with Crippen molar-refractivity contribution >= 4 is 27.7 Å². The van der Waals surface area contributed by atoms with Crippen LogP contribution in [-0.2, 0) is 15.5 Å². The number of rotatable bonds is 6. The van der Waals surface area contributed by atoms with E-state index in [1.54, 1.807) is 6.33 Å². The highest BCUT2D eigenvalue weighted by atomic mass is 32.2. The van der Waals surface area contributed by atoms with E-state index in [4.69, 9.17) is 15.2 Å². The number of aromatic nitrogens is 3. The third-order valence-corrected chi connectivity index (χ3v) is 8.73. The van der Waals surface area contributed by atoms with Crippen molar-refractivity contribution in [3.63, 3.8) is 0 Å². The number of benzene rings is 1. The second kappa shape index (κ2) is 9.28. The zero-order valence-corrected chi connectivity index (χ0v) is 20.1. The van der Waals surface area contributed by atoms with Crippen LogP contribution in [0.4, 0.5) is 5.82 Å². The van der Waals surface area contributed by atoms with Crippen molar-refractivity contribution in [3.05, 3.63) is 36.8 Å². The van der Waals surface area contributed by atoms with E-state index in [0.29, 0.717) is 24.5 Å². The van der Waals surface area contributed by atoms with Crippen molar-refractivity contribution in [1.29, 1.82) is 0 Å². The van der Waals surface area contributed by atoms with E-state index in [1.807, 2.05) is 12.1 Å². The molecule has 1 unspecified atom stereocenters. The maximum Gasteiger partial charge on any atom is 0.146 e. The molecular formula is C25H31N5O3S. The summed E-state index contributed by atoms with van der Waals surface area (Å²) in [6.45, 7) is 3.28. The van der Waals surface area contributed by atoms with Gasteiger partial charge in [-0.1, -0.05) is 12.1 Å². The molecule has 2 aromatic heterocycles. The van der Waals surface area contributed by atoms with Crippen LogP contribution in [0.1, 0.15) is 31.7 Å². The van der Waals surface area contributed by atoms with Crippen LogP contribution < -0.4 is 10.5 Å². The van der Waals surface area contributed by atoms with Gasteiger partial charge in [0.25, 0.3) is 0 Å². The summed E-state index contributed by atoms with van der Waals surface area (Å²) >= 11 is 0. The Balaban J connectivity index is 1.25. The molecule has 9 heteroatoms. The molecule has 0 spiro atoms. The minimum absolute atomic E-state index is 0.182. The zero-order valence-electron chi connectivity index (χ0n) is 19.3. The molecule has 8 nitrogen and oxygen atoms in total. The lowest BCUT2D eigenvalue weighted by Crippen LogP contribution is -2.50.